The van der Waals surface area contributed by atoms with E-state index in [0.717, 1.165) is 6.26 Å². The predicted octanol–water partition coefficient (Wildman–Crippen LogP) is -0.646. The molecule has 1 amide bonds. The minimum absolute atomic E-state index is 0.0419. The van der Waals surface area contributed by atoms with Gasteiger partial charge in [-0.25, -0.2) is 8.42 Å². The van der Waals surface area contributed by atoms with Crippen molar-refractivity contribution < 1.29 is 23.1 Å². The van der Waals surface area contributed by atoms with Crippen molar-refractivity contribution in [3.05, 3.63) is 0 Å². The molecule has 88 valence electrons. The maximum Gasteiger partial charge on any atom is 0.305 e. The number of carboxylic acid groups (broad SMARTS) is 1. The average Bonchev–Trinajstić information content (AvgIpc) is 2.01. The molecule has 1 N–H and O–H groups in total. The van der Waals surface area contributed by atoms with Gasteiger partial charge in [0.15, 0.2) is 9.84 Å². The van der Waals surface area contributed by atoms with Gasteiger partial charge in [0, 0.05) is 19.3 Å². The smallest absolute Gasteiger partial charge is 0.305 e. The van der Waals surface area contributed by atoms with E-state index in [0.29, 0.717) is 6.54 Å². The summed E-state index contributed by atoms with van der Waals surface area (Å²) in [5.74, 6) is -2.14. The number of sulfone groups is 1. The number of carboxylic acids is 1. The van der Waals surface area contributed by atoms with Gasteiger partial charge in [-0.05, 0) is 6.92 Å². The van der Waals surface area contributed by atoms with Crippen molar-refractivity contribution in [1.82, 2.24) is 4.90 Å². The Kier molecular flexibility index (Phi) is 5.27. The lowest BCUT2D eigenvalue weighted by atomic mass is 10.4. The zero-order valence-corrected chi connectivity index (χ0v) is 9.58. The van der Waals surface area contributed by atoms with Crippen LogP contribution >= 0.6 is 0 Å². The Bertz CT molecular complexity index is 335. The van der Waals surface area contributed by atoms with Crippen molar-refractivity contribution in [1.29, 1.82) is 0 Å². The van der Waals surface area contributed by atoms with Crippen LogP contribution in [0, 0.1) is 0 Å². The zero-order chi connectivity index (χ0) is 12.1. The molecule has 0 radical (unpaired) electrons. The summed E-state index contributed by atoms with van der Waals surface area (Å²) in [6, 6.07) is 0. The van der Waals surface area contributed by atoms with E-state index in [9.17, 15) is 18.0 Å². The Morgan fingerprint density at radius 2 is 1.87 bits per heavy atom. The van der Waals surface area contributed by atoms with Crippen molar-refractivity contribution in [3.63, 3.8) is 0 Å². The van der Waals surface area contributed by atoms with Gasteiger partial charge in [-0.1, -0.05) is 0 Å². The molecule has 7 heteroatoms. The highest BCUT2D eigenvalue weighted by atomic mass is 32.2. The third-order valence-corrected chi connectivity index (χ3v) is 2.49. The second-order valence-electron chi connectivity index (χ2n) is 3.19. The fraction of sp³-hybridized carbons (Fsp3) is 0.750. The number of rotatable bonds is 6. The minimum atomic E-state index is -3.36. The van der Waals surface area contributed by atoms with E-state index < -0.39 is 27.5 Å². The quantitative estimate of drug-likeness (QED) is 0.663. The summed E-state index contributed by atoms with van der Waals surface area (Å²) in [6.07, 6.45) is 0.791. The molecule has 0 aliphatic rings. The first-order valence-electron chi connectivity index (χ1n) is 4.43. The van der Waals surface area contributed by atoms with Crippen LogP contribution < -0.4 is 0 Å². The standard InChI is InChI=1S/C8H15NO5S/c1-3-9(5-4-8(11)12)7(10)6-15(2,13)14/h3-6H2,1-2H3,(H,11,12). The molecule has 0 aromatic rings. The van der Waals surface area contributed by atoms with E-state index in [2.05, 4.69) is 0 Å². The van der Waals surface area contributed by atoms with Gasteiger partial charge in [0.25, 0.3) is 0 Å². The van der Waals surface area contributed by atoms with Gasteiger partial charge < -0.3 is 10.0 Å². The summed E-state index contributed by atoms with van der Waals surface area (Å²) < 4.78 is 21.7. The molecular weight excluding hydrogens is 222 g/mol. The topological polar surface area (TPSA) is 91.8 Å². The number of nitrogens with zero attached hydrogens (tertiary/aromatic N) is 1. The minimum Gasteiger partial charge on any atom is -0.481 e. The SMILES string of the molecule is CCN(CCC(=O)O)C(=O)CS(C)(=O)=O. The molecule has 0 bridgehead atoms. The van der Waals surface area contributed by atoms with E-state index in [-0.39, 0.29) is 13.0 Å². The number of hydrogen-bond acceptors (Lipinski definition) is 4. The normalized spacial score (nSPS) is 11.1. The molecule has 0 aliphatic heterocycles. The fourth-order valence-electron chi connectivity index (χ4n) is 1.01. The van der Waals surface area contributed by atoms with Gasteiger partial charge in [-0.15, -0.1) is 0 Å². The highest BCUT2D eigenvalue weighted by Gasteiger charge is 2.17. The summed E-state index contributed by atoms with van der Waals surface area (Å²) in [5.41, 5.74) is 0. The number of amides is 1. The van der Waals surface area contributed by atoms with Crippen molar-refractivity contribution in [3.8, 4) is 0 Å². The van der Waals surface area contributed by atoms with Crippen LogP contribution in [0.4, 0.5) is 0 Å². The van der Waals surface area contributed by atoms with Crippen molar-refractivity contribution in [2.75, 3.05) is 25.1 Å². The third kappa shape index (κ3) is 6.89. The van der Waals surface area contributed by atoms with Gasteiger partial charge in [-0.3, -0.25) is 9.59 Å². The van der Waals surface area contributed by atoms with E-state index in [4.69, 9.17) is 5.11 Å². The van der Waals surface area contributed by atoms with Gasteiger partial charge in [0.1, 0.15) is 5.75 Å². The van der Waals surface area contributed by atoms with Crippen LogP contribution in [0.15, 0.2) is 0 Å². The third-order valence-electron chi connectivity index (χ3n) is 1.72. The van der Waals surface area contributed by atoms with Crippen LogP contribution in [0.1, 0.15) is 13.3 Å². The maximum atomic E-state index is 11.4. The Morgan fingerprint density at radius 1 is 1.33 bits per heavy atom. The first kappa shape index (κ1) is 13.9. The number of hydrogen-bond donors (Lipinski definition) is 1. The van der Waals surface area contributed by atoms with Crippen LogP contribution in [0.3, 0.4) is 0 Å². The molecule has 0 saturated heterocycles. The Labute approximate surface area is 88.8 Å². The van der Waals surface area contributed by atoms with Gasteiger partial charge in [0.05, 0.1) is 6.42 Å². The predicted molar refractivity (Wildman–Crippen MR) is 54.2 cm³/mol. The Hall–Kier alpha value is -1.11. The summed E-state index contributed by atoms with van der Waals surface area (Å²) in [6.45, 7) is 2.02. The maximum absolute atomic E-state index is 11.4. The fourth-order valence-corrected chi connectivity index (χ4v) is 1.64. The van der Waals surface area contributed by atoms with Crippen molar-refractivity contribution >= 4 is 21.7 Å². The van der Waals surface area contributed by atoms with Gasteiger partial charge >= 0.3 is 5.97 Å². The lowest BCUT2D eigenvalue weighted by molar-refractivity contribution is -0.138. The molecule has 0 aromatic heterocycles. The van der Waals surface area contributed by atoms with Crippen LogP contribution in [0.25, 0.3) is 0 Å². The van der Waals surface area contributed by atoms with E-state index in [1.165, 1.54) is 4.90 Å². The lowest BCUT2D eigenvalue weighted by Crippen LogP contribution is -2.36. The highest BCUT2D eigenvalue weighted by Crippen LogP contribution is 1.96. The molecule has 0 aliphatic carbocycles. The number of carbonyl (C=O) groups is 2. The molecule has 0 atom stereocenters. The molecule has 0 rings (SSSR count). The molecule has 0 saturated carbocycles. The van der Waals surface area contributed by atoms with Crippen molar-refractivity contribution in [2.24, 2.45) is 0 Å². The van der Waals surface area contributed by atoms with Crippen LogP contribution in [-0.2, 0) is 19.4 Å². The summed E-state index contributed by atoms with van der Waals surface area (Å²) >= 11 is 0. The van der Waals surface area contributed by atoms with Crippen molar-refractivity contribution in [2.45, 2.75) is 13.3 Å². The molecule has 0 unspecified atom stereocenters. The van der Waals surface area contributed by atoms with Gasteiger partial charge in [0.2, 0.25) is 5.91 Å². The van der Waals surface area contributed by atoms with Gasteiger partial charge in [-0.2, -0.15) is 0 Å². The molecule has 0 heterocycles. The molecule has 0 spiro atoms. The molecule has 0 fully saturated rings. The first-order valence-corrected chi connectivity index (χ1v) is 6.49. The summed E-state index contributed by atoms with van der Waals surface area (Å²) in [4.78, 5) is 22.8. The number of aliphatic carboxylic acids is 1. The van der Waals surface area contributed by atoms with Crippen LogP contribution in [0.5, 0.6) is 0 Å². The summed E-state index contributed by atoms with van der Waals surface area (Å²) in [5, 5.41) is 8.42. The monoisotopic (exact) mass is 237 g/mol. The highest BCUT2D eigenvalue weighted by molar-refractivity contribution is 7.91. The second-order valence-corrected chi connectivity index (χ2v) is 5.33. The second kappa shape index (κ2) is 5.69. The Morgan fingerprint density at radius 3 is 2.20 bits per heavy atom. The molecule has 6 nitrogen and oxygen atoms in total. The molecule has 0 aromatic carbocycles. The van der Waals surface area contributed by atoms with Crippen LogP contribution in [-0.4, -0.2) is 55.4 Å². The zero-order valence-electron chi connectivity index (χ0n) is 8.76. The first-order chi connectivity index (χ1) is 6.76. The Balaban J connectivity index is 4.29. The molecule has 15 heavy (non-hydrogen) atoms. The molecular formula is C8H15NO5S. The van der Waals surface area contributed by atoms with Crippen LogP contribution in [0.2, 0.25) is 0 Å². The number of carbonyl (C=O) groups excluding carboxylic acids is 1. The van der Waals surface area contributed by atoms with E-state index >= 15 is 0 Å². The average molecular weight is 237 g/mol. The van der Waals surface area contributed by atoms with E-state index in [1.54, 1.807) is 6.92 Å². The summed E-state index contributed by atoms with van der Waals surface area (Å²) in [7, 11) is -3.36. The van der Waals surface area contributed by atoms with E-state index in [1.807, 2.05) is 0 Å². The largest absolute Gasteiger partial charge is 0.481 e. The lowest BCUT2D eigenvalue weighted by Gasteiger charge is -2.19.